The summed E-state index contributed by atoms with van der Waals surface area (Å²) in [5.74, 6) is -0.00829. The Kier molecular flexibility index (Phi) is 5.48. The molecular weight excluding hydrogens is 286 g/mol. The topological polar surface area (TPSA) is 89.3 Å². The zero-order valence-corrected chi connectivity index (χ0v) is 13.3. The highest BCUT2D eigenvalue weighted by Gasteiger charge is 2.28. The fourth-order valence-electron chi connectivity index (χ4n) is 2.50. The molecule has 0 spiro atoms. The lowest BCUT2D eigenvalue weighted by atomic mass is 10.2. The van der Waals surface area contributed by atoms with E-state index in [-0.39, 0.29) is 24.4 Å². The second-order valence-corrected chi connectivity index (χ2v) is 5.65. The summed E-state index contributed by atoms with van der Waals surface area (Å²) in [6.07, 6.45) is 3.45. The van der Waals surface area contributed by atoms with Crippen molar-refractivity contribution >= 4 is 17.8 Å². The van der Waals surface area contributed by atoms with E-state index in [0.717, 1.165) is 12.8 Å². The van der Waals surface area contributed by atoms with E-state index in [4.69, 9.17) is 4.74 Å². The minimum Gasteiger partial charge on any atom is -0.372 e. The number of ether oxygens (including phenoxy) is 1. The third-order valence-corrected chi connectivity index (χ3v) is 3.66. The third-order valence-electron chi connectivity index (χ3n) is 3.66. The maximum Gasteiger partial charge on any atom is 0.252 e. The number of hydrogen-bond donors (Lipinski definition) is 1. The quantitative estimate of drug-likeness (QED) is 0.870. The van der Waals surface area contributed by atoms with E-state index >= 15 is 0 Å². The Bertz CT molecular complexity index is 528. The molecule has 0 bridgehead atoms. The molecule has 1 atom stereocenters. The molecule has 8 nitrogen and oxygen atoms in total. The van der Waals surface area contributed by atoms with Gasteiger partial charge >= 0.3 is 0 Å². The Hall–Kier alpha value is -1.96. The van der Waals surface area contributed by atoms with Gasteiger partial charge in [-0.1, -0.05) is 0 Å². The lowest BCUT2D eigenvalue weighted by Gasteiger charge is -2.23. The lowest BCUT2D eigenvalue weighted by molar-refractivity contribution is -0.143. The number of hydrogen-bond acceptors (Lipinski definition) is 5. The van der Waals surface area contributed by atoms with Crippen LogP contribution in [-0.4, -0.2) is 57.8 Å². The molecule has 122 valence electrons. The number of carbonyl (C=O) groups excluding carboxylic acids is 2. The van der Waals surface area contributed by atoms with Crippen molar-refractivity contribution in [2.75, 3.05) is 25.5 Å². The smallest absolute Gasteiger partial charge is 0.252 e. The Balaban J connectivity index is 1.98. The van der Waals surface area contributed by atoms with Crippen LogP contribution in [0, 0.1) is 0 Å². The van der Waals surface area contributed by atoms with Gasteiger partial charge in [-0.15, -0.1) is 0 Å². The van der Waals surface area contributed by atoms with Crippen LogP contribution in [0.4, 0.5) is 5.95 Å². The van der Waals surface area contributed by atoms with Gasteiger partial charge in [-0.3, -0.25) is 14.9 Å². The molecule has 0 radical (unpaired) electrons. The van der Waals surface area contributed by atoms with Gasteiger partial charge in [-0.2, -0.15) is 10.1 Å². The number of amides is 2. The van der Waals surface area contributed by atoms with Crippen molar-refractivity contribution in [2.45, 2.75) is 45.3 Å². The van der Waals surface area contributed by atoms with Gasteiger partial charge in [-0.05, 0) is 33.1 Å². The normalized spacial score (nSPS) is 19.4. The van der Waals surface area contributed by atoms with Crippen molar-refractivity contribution < 1.29 is 14.3 Å². The predicted octanol–water partition coefficient (Wildman–Crippen LogP) is 0.825. The first kappa shape index (κ1) is 16.4. The van der Waals surface area contributed by atoms with E-state index in [9.17, 15) is 9.59 Å². The largest absolute Gasteiger partial charge is 0.372 e. The number of anilines is 1. The van der Waals surface area contributed by atoms with Crippen LogP contribution in [0.3, 0.4) is 0 Å². The monoisotopic (exact) mass is 309 g/mol. The van der Waals surface area contributed by atoms with Crippen LogP contribution in [0.1, 0.15) is 39.2 Å². The molecule has 0 aliphatic carbocycles. The van der Waals surface area contributed by atoms with E-state index in [2.05, 4.69) is 15.4 Å². The van der Waals surface area contributed by atoms with Crippen molar-refractivity contribution in [1.29, 1.82) is 0 Å². The molecule has 22 heavy (non-hydrogen) atoms. The first-order valence-corrected chi connectivity index (χ1v) is 7.54. The lowest BCUT2D eigenvalue weighted by Crippen LogP contribution is -2.43. The maximum atomic E-state index is 12.3. The Morgan fingerprint density at radius 3 is 2.95 bits per heavy atom. The van der Waals surface area contributed by atoms with Crippen molar-refractivity contribution in [3.8, 4) is 0 Å². The van der Waals surface area contributed by atoms with Crippen LogP contribution in [0.2, 0.25) is 0 Å². The van der Waals surface area contributed by atoms with Crippen molar-refractivity contribution in [3.05, 3.63) is 6.33 Å². The fourth-order valence-corrected chi connectivity index (χ4v) is 2.50. The summed E-state index contributed by atoms with van der Waals surface area (Å²) < 4.78 is 6.83. The molecule has 8 heteroatoms. The van der Waals surface area contributed by atoms with E-state index in [1.807, 2.05) is 13.8 Å². The summed E-state index contributed by atoms with van der Waals surface area (Å²) in [6, 6.07) is 0.0930. The summed E-state index contributed by atoms with van der Waals surface area (Å²) in [4.78, 5) is 30.0. The molecule has 1 aliphatic rings. The molecule has 0 saturated carbocycles. The maximum absolute atomic E-state index is 12.3. The molecule has 1 N–H and O–H groups in total. The summed E-state index contributed by atoms with van der Waals surface area (Å²) in [7, 11) is 1.53. The molecule has 1 aromatic heterocycles. The Morgan fingerprint density at radius 2 is 2.27 bits per heavy atom. The van der Waals surface area contributed by atoms with E-state index in [1.54, 1.807) is 9.58 Å². The molecule has 2 amide bonds. The summed E-state index contributed by atoms with van der Waals surface area (Å²) in [5.41, 5.74) is 0. The highest BCUT2D eigenvalue weighted by Crippen LogP contribution is 2.15. The van der Waals surface area contributed by atoms with E-state index < -0.39 is 6.10 Å². The van der Waals surface area contributed by atoms with Crippen LogP contribution >= 0.6 is 0 Å². The van der Waals surface area contributed by atoms with Crippen LogP contribution in [0.25, 0.3) is 0 Å². The van der Waals surface area contributed by atoms with Gasteiger partial charge in [0.15, 0.2) is 0 Å². The average molecular weight is 309 g/mol. The van der Waals surface area contributed by atoms with E-state index in [1.165, 1.54) is 13.4 Å². The molecule has 2 heterocycles. The second kappa shape index (κ2) is 7.35. The third kappa shape index (κ3) is 3.82. The zero-order chi connectivity index (χ0) is 16.1. The number of methoxy groups -OCH3 is 1. The van der Waals surface area contributed by atoms with Gasteiger partial charge in [0.2, 0.25) is 11.9 Å². The van der Waals surface area contributed by atoms with Crippen molar-refractivity contribution in [1.82, 2.24) is 19.7 Å². The van der Waals surface area contributed by atoms with Crippen LogP contribution < -0.4 is 5.32 Å². The molecule has 1 unspecified atom stereocenters. The number of likely N-dealkylation sites (tertiary alicyclic amines) is 1. The fraction of sp³-hybridized carbons (Fsp3) is 0.714. The summed E-state index contributed by atoms with van der Waals surface area (Å²) >= 11 is 0. The van der Waals surface area contributed by atoms with Gasteiger partial charge in [0.05, 0.1) is 6.04 Å². The number of nitrogens with one attached hydrogen (secondary N) is 1. The van der Waals surface area contributed by atoms with Crippen molar-refractivity contribution in [2.24, 2.45) is 0 Å². The molecule has 1 fully saturated rings. The minimum absolute atomic E-state index is 0.00362. The van der Waals surface area contributed by atoms with Crippen LogP contribution in [0.5, 0.6) is 0 Å². The molecule has 0 aromatic carbocycles. The van der Waals surface area contributed by atoms with Crippen LogP contribution in [-0.2, 0) is 14.3 Å². The summed E-state index contributed by atoms with van der Waals surface area (Å²) in [6.45, 7) is 4.48. The average Bonchev–Trinajstić information content (AvgIpc) is 2.86. The molecule has 1 aliphatic heterocycles. The van der Waals surface area contributed by atoms with Crippen molar-refractivity contribution in [3.63, 3.8) is 0 Å². The second-order valence-electron chi connectivity index (χ2n) is 5.65. The first-order chi connectivity index (χ1) is 10.5. The van der Waals surface area contributed by atoms with Gasteiger partial charge < -0.3 is 9.64 Å². The molecule has 1 aromatic rings. The number of nitrogens with zero attached hydrogens (tertiary/aromatic N) is 4. The standard InChI is InChI=1S/C14H23N5O3/c1-10(2)19-14(15-9-16-19)17-12(20)8-18-7-5-4-6-11(22-3)13(18)21/h9-11H,4-8H2,1-3H3,(H,15,16,17,20). The number of aromatic nitrogens is 3. The summed E-state index contributed by atoms with van der Waals surface area (Å²) in [5, 5.41) is 6.77. The van der Waals surface area contributed by atoms with Gasteiger partial charge in [0.25, 0.3) is 5.91 Å². The number of carbonyl (C=O) groups is 2. The number of rotatable bonds is 5. The Morgan fingerprint density at radius 1 is 1.50 bits per heavy atom. The highest BCUT2D eigenvalue weighted by molar-refractivity contribution is 5.94. The minimum atomic E-state index is -0.449. The molecular formula is C14H23N5O3. The first-order valence-electron chi connectivity index (χ1n) is 7.54. The highest BCUT2D eigenvalue weighted by atomic mass is 16.5. The Labute approximate surface area is 129 Å². The zero-order valence-electron chi connectivity index (χ0n) is 13.3. The molecule has 2 rings (SSSR count). The molecule has 1 saturated heterocycles. The van der Waals surface area contributed by atoms with Crippen LogP contribution in [0.15, 0.2) is 6.33 Å². The predicted molar refractivity (Wildman–Crippen MR) is 80.3 cm³/mol. The SMILES string of the molecule is COC1CCCCN(CC(=O)Nc2ncnn2C(C)C)C1=O. The van der Waals surface area contributed by atoms with Gasteiger partial charge in [0.1, 0.15) is 19.0 Å². The van der Waals surface area contributed by atoms with E-state index in [0.29, 0.717) is 18.9 Å². The van der Waals surface area contributed by atoms with Gasteiger partial charge in [0, 0.05) is 13.7 Å². The van der Waals surface area contributed by atoms with Gasteiger partial charge in [-0.25, -0.2) is 4.68 Å².